The van der Waals surface area contributed by atoms with Crippen LogP contribution < -0.4 is 4.90 Å². The van der Waals surface area contributed by atoms with Gasteiger partial charge in [-0.3, -0.25) is 24.5 Å². The molecule has 4 rings (SSSR count). The molecule has 0 spiro atoms. The van der Waals surface area contributed by atoms with Crippen LogP contribution in [0.3, 0.4) is 0 Å². The summed E-state index contributed by atoms with van der Waals surface area (Å²) in [5.74, 6) is -1.90. The quantitative estimate of drug-likeness (QED) is 0.400. The molecule has 2 fully saturated rings. The summed E-state index contributed by atoms with van der Waals surface area (Å²) in [5.41, 5.74) is 0.345. The van der Waals surface area contributed by atoms with Gasteiger partial charge in [0, 0.05) is 23.7 Å². The lowest BCUT2D eigenvalue weighted by Gasteiger charge is -2.37. The highest BCUT2D eigenvalue weighted by Crippen LogP contribution is 2.32. The molecule has 0 N–H and O–H groups in total. The molecule has 3 amide bonds. The van der Waals surface area contributed by atoms with Gasteiger partial charge in [-0.2, -0.15) is 0 Å². The van der Waals surface area contributed by atoms with Gasteiger partial charge in [0.2, 0.25) is 5.91 Å². The van der Waals surface area contributed by atoms with Crippen LogP contribution in [0.5, 0.6) is 0 Å². The SMILES string of the molecule is O=C1CC(N(C(=O)c2ccc([N+](=O)[O-])cc2)C2CCCCC2)C(=O)N1c1ccc(F)cc1. The van der Waals surface area contributed by atoms with Crippen LogP contribution in [0.1, 0.15) is 48.9 Å². The van der Waals surface area contributed by atoms with E-state index < -0.39 is 34.5 Å². The number of nitro benzene ring substituents is 1. The molecular weight excluding hydrogens is 417 g/mol. The number of non-ortho nitro benzene ring substituents is 1. The minimum atomic E-state index is -0.974. The molecule has 166 valence electrons. The topological polar surface area (TPSA) is 101 Å². The number of hydrogen-bond acceptors (Lipinski definition) is 5. The Morgan fingerprint density at radius 2 is 1.62 bits per heavy atom. The number of nitrogens with zero attached hydrogens (tertiary/aromatic N) is 3. The summed E-state index contributed by atoms with van der Waals surface area (Å²) in [5, 5.41) is 10.9. The standard InChI is InChI=1S/C23H22FN3O5/c24-16-8-12-18(13-9-16)26-21(28)14-20(23(26)30)25(17-4-2-1-3-5-17)22(29)15-6-10-19(11-7-15)27(31)32/h6-13,17,20H,1-5,14H2. The zero-order valence-corrected chi connectivity index (χ0v) is 17.3. The van der Waals surface area contributed by atoms with Crippen LogP contribution >= 0.6 is 0 Å². The normalized spacial score (nSPS) is 19.3. The van der Waals surface area contributed by atoms with Gasteiger partial charge < -0.3 is 4.90 Å². The van der Waals surface area contributed by atoms with Crippen molar-refractivity contribution in [1.29, 1.82) is 0 Å². The van der Waals surface area contributed by atoms with Crippen molar-refractivity contribution in [2.24, 2.45) is 0 Å². The Morgan fingerprint density at radius 3 is 2.22 bits per heavy atom. The summed E-state index contributed by atoms with van der Waals surface area (Å²) in [6, 6.07) is 9.11. The second-order valence-corrected chi connectivity index (χ2v) is 8.07. The van der Waals surface area contributed by atoms with Gasteiger partial charge >= 0.3 is 0 Å². The van der Waals surface area contributed by atoms with Crippen LogP contribution in [-0.2, 0) is 9.59 Å². The van der Waals surface area contributed by atoms with Crippen molar-refractivity contribution in [3.63, 3.8) is 0 Å². The number of benzene rings is 2. The van der Waals surface area contributed by atoms with E-state index in [1.807, 2.05) is 0 Å². The Balaban J connectivity index is 1.66. The molecule has 2 aromatic rings. The molecule has 1 saturated heterocycles. The van der Waals surface area contributed by atoms with Gasteiger partial charge in [-0.1, -0.05) is 19.3 Å². The van der Waals surface area contributed by atoms with Crippen molar-refractivity contribution >= 4 is 29.1 Å². The van der Waals surface area contributed by atoms with Gasteiger partial charge in [0.15, 0.2) is 0 Å². The minimum absolute atomic E-state index is 0.139. The molecule has 8 nitrogen and oxygen atoms in total. The lowest BCUT2D eigenvalue weighted by atomic mass is 9.92. The largest absolute Gasteiger partial charge is 0.323 e. The Bertz CT molecular complexity index is 1050. The van der Waals surface area contributed by atoms with Crippen LogP contribution in [0, 0.1) is 15.9 Å². The van der Waals surface area contributed by atoms with Crippen molar-refractivity contribution in [3.05, 3.63) is 70.0 Å². The lowest BCUT2D eigenvalue weighted by molar-refractivity contribution is -0.384. The fraction of sp³-hybridized carbons (Fsp3) is 0.348. The Kier molecular flexibility index (Phi) is 5.98. The number of amides is 3. The first-order chi connectivity index (χ1) is 15.4. The number of nitro groups is 1. The first kappa shape index (κ1) is 21.6. The predicted molar refractivity (Wildman–Crippen MR) is 113 cm³/mol. The number of hydrogen-bond donors (Lipinski definition) is 0. The smallest absolute Gasteiger partial charge is 0.269 e. The molecule has 32 heavy (non-hydrogen) atoms. The Hall–Kier alpha value is -3.62. The van der Waals surface area contributed by atoms with Gasteiger partial charge in [0.1, 0.15) is 11.9 Å². The van der Waals surface area contributed by atoms with E-state index >= 15 is 0 Å². The second-order valence-electron chi connectivity index (χ2n) is 8.07. The third-order valence-electron chi connectivity index (χ3n) is 6.07. The molecule has 9 heteroatoms. The molecule has 1 atom stereocenters. The van der Waals surface area contributed by atoms with Crippen molar-refractivity contribution < 1.29 is 23.7 Å². The minimum Gasteiger partial charge on any atom is -0.323 e. The highest BCUT2D eigenvalue weighted by atomic mass is 19.1. The van der Waals surface area contributed by atoms with E-state index in [4.69, 9.17) is 0 Å². The molecular formula is C23H22FN3O5. The average molecular weight is 439 g/mol. The van der Waals surface area contributed by atoms with Crippen LogP contribution in [0.2, 0.25) is 0 Å². The second kappa shape index (κ2) is 8.86. The summed E-state index contributed by atoms with van der Waals surface area (Å²) < 4.78 is 13.3. The number of anilines is 1. The van der Waals surface area contributed by atoms with E-state index in [-0.39, 0.29) is 29.4 Å². The number of imide groups is 1. The maximum absolute atomic E-state index is 13.5. The van der Waals surface area contributed by atoms with E-state index in [0.29, 0.717) is 12.8 Å². The summed E-state index contributed by atoms with van der Waals surface area (Å²) in [4.78, 5) is 52.4. The van der Waals surface area contributed by atoms with Gasteiger partial charge in [0.25, 0.3) is 17.5 Å². The van der Waals surface area contributed by atoms with E-state index in [1.54, 1.807) is 0 Å². The predicted octanol–water partition coefficient (Wildman–Crippen LogP) is 3.84. The number of carbonyl (C=O) groups excluding carboxylic acids is 3. The average Bonchev–Trinajstić information content (AvgIpc) is 3.09. The zero-order chi connectivity index (χ0) is 22.8. The van der Waals surface area contributed by atoms with Crippen molar-refractivity contribution in [3.8, 4) is 0 Å². The molecule has 1 unspecified atom stereocenters. The van der Waals surface area contributed by atoms with Crippen LogP contribution in [0.25, 0.3) is 0 Å². The van der Waals surface area contributed by atoms with Crippen molar-refractivity contribution in [2.75, 3.05) is 4.90 Å². The first-order valence-corrected chi connectivity index (χ1v) is 10.6. The zero-order valence-electron chi connectivity index (χ0n) is 17.3. The van der Waals surface area contributed by atoms with E-state index in [0.717, 1.165) is 24.2 Å². The molecule has 2 aliphatic rings. The molecule has 0 aromatic heterocycles. The highest BCUT2D eigenvalue weighted by Gasteiger charge is 2.46. The van der Waals surface area contributed by atoms with E-state index in [1.165, 1.54) is 53.4 Å². The molecule has 1 aliphatic heterocycles. The molecule has 1 saturated carbocycles. The Morgan fingerprint density at radius 1 is 1.00 bits per heavy atom. The first-order valence-electron chi connectivity index (χ1n) is 10.6. The maximum Gasteiger partial charge on any atom is 0.269 e. The third kappa shape index (κ3) is 4.10. The number of carbonyl (C=O) groups is 3. The summed E-state index contributed by atoms with van der Waals surface area (Å²) in [6.07, 6.45) is 4.12. The fourth-order valence-electron chi connectivity index (χ4n) is 4.49. The van der Waals surface area contributed by atoms with Crippen LogP contribution in [0.4, 0.5) is 15.8 Å². The summed E-state index contributed by atoms with van der Waals surface area (Å²) in [6.45, 7) is 0. The number of rotatable bonds is 5. The van der Waals surface area contributed by atoms with E-state index in [2.05, 4.69) is 0 Å². The molecule has 0 radical (unpaired) electrons. The van der Waals surface area contributed by atoms with Gasteiger partial charge in [0.05, 0.1) is 17.0 Å². The van der Waals surface area contributed by atoms with Gasteiger partial charge in [-0.15, -0.1) is 0 Å². The molecule has 0 bridgehead atoms. The maximum atomic E-state index is 13.5. The summed E-state index contributed by atoms with van der Waals surface area (Å²) in [7, 11) is 0. The molecule has 1 aliphatic carbocycles. The van der Waals surface area contributed by atoms with Crippen molar-refractivity contribution in [2.45, 2.75) is 50.6 Å². The van der Waals surface area contributed by atoms with Crippen molar-refractivity contribution in [1.82, 2.24) is 4.90 Å². The molecule has 2 aromatic carbocycles. The Labute approximate surface area is 183 Å². The number of halogens is 1. The van der Waals surface area contributed by atoms with Crippen LogP contribution in [0.15, 0.2) is 48.5 Å². The van der Waals surface area contributed by atoms with Crippen LogP contribution in [-0.4, -0.2) is 39.6 Å². The monoisotopic (exact) mass is 439 g/mol. The van der Waals surface area contributed by atoms with Gasteiger partial charge in [-0.05, 0) is 49.2 Å². The van der Waals surface area contributed by atoms with E-state index in [9.17, 15) is 28.9 Å². The third-order valence-corrected chi connectivity index (χ3v) is 6.07. The van der Waals surface area contributed by atoms with Gasteiger partial charge in [-0.25, -0.2) is 9.29 Å². The fourth-order valence-corrected chi connectivity index (χ4v) is 4.49. The molecule has 1 heterocycles. The summed E-state index contributed by atoms with van der Waals surface area (Å²) >= 11 is 0. The highest BCUT2D eigenvalue weighted by molar-refractivity contribution is 6.23. The lowest BCUT2D eigenvalue weighted by Crippen LogP contribution is -2.51.